The molecule has 2 aromatic rings. The lowest BCUT2D eigenvalue weighted by molar-refractivity contribution is 0.214. The van der Waals surface area contributed by atoms with Crippen molar-refractivity contribution in [3.05, 3.63) is 16.8 Å². The Hall–Kier alpha value is -1.20. The first kappa shape index (κ1) is 12.3. The minimum absolute atomic E-state index is 0.0951. The second kappa shape index (κ2) is 4.98. The Kier molecular flexibility index (Phi) is 3.59. The summed E-state index contributed by atoms with van der Waals surface area (Å²) in [5.74, 6) is 0.694. The Morgan fingerprint density at radius 2 is 2.18 bits per heavy atom. The van der Waals surface area contributed by atoms with Crippen LogP contribution in [0.5, 0.6) is 5.88 Å². The van der Waals surface area contributed by atoms with Crippen LogP contribution >= 0.6 is 11.3 Å². The fourth-order valence-electron chi connectivity index (χ4n) is 1.76. The third kappa shape index (κ3) is 2.40. The normalized spacial score (nSPS) is 12.9. The zero-order valence-corrected chi connectivity index (χ0v) is 11.4. The molecule has 2 heterocycles. The number of likely N-dealkylation sites (N-methyl/N-ethyl adjacent to an activating group) is 1. The molecule has 5 heteroatoms. The first-order chi connectivity index (χ1) is 8.13. The highest BCUT2D eigenvalue weighted by atomic mass is 32.1. The number of ether oxygens (including phenoxy) is 1. The van der Waals surface area contributed by atoms with E-state index in [0.29, 0.717) is 5.88 Å². The number of rotatable bonds is 4. The van der Waals surface area contributed by atoms with Crippen molar-refractivity contribution in [2.45, 2.75) is 26.9 Å². The minimum Gasteiger partial charge on any atom is -0.473 e. The summed E-state index contributed by atoms with van der Waals surface area (Å²) < 4.78 is 5.86. The van der Waals surface area contributed by atoms with E-state index in [4.69, 9.17) is 4.74 Å². The van der Waals surface area contributed by atoms with Gasteiger partial charge in [-0.3, -0.25) is 0 Å². The molecule has 0 fully saturated rings. The van der Waals surface area contributed by atoms with E-state index in [1.807, 2.05) is 14.0 Å². The molecule has 1 unspecified atom stereocenters. The van der Waals surface area contributed by atoms with Gasteiger partial charge >= 0.3 is 0 Å². The zero-order valence-electron chi connectivity index (χ0n) is 10.6. The third-order valence-corrected chi connectivity index (χ3v) is 3.85. The summed E-state index contributed by atoms with van der Waals surface area (Å²) in [6.07, 6.45) is 1.66. The van der Waals surface area contributed by atoms with Gasteiger partial charge in [0.05, 0.1) is 5.39 Å². The number of aromatic nitrogens is 2. The summed E-state index contributed by atoms with van der Waals surface area (Å²) in [4.78, 5) is 10.8. The lowest BCUT2D eigenvalue weighted by atomic mass is 10.2. The van der Waals surface area contributed by atoms with E-state index in [0.717, 1.165) is 16.8 Å². The summed E-state index contributed by atoms with van der Waals surface area (Å²) >= 11 is 1.69. The molecule has 0 spiro atoms. The highest BCUT2D eigenvalue weighted by molar-refractivity contribution is 7.18. The predicted molar refractivity (Wildman–Crippen MR) is 70.9 cm³/mol. The molecule has 92 valence electrons. The van der Waals surface area contributed by atoms with Crippen molar-refractivity contribution in [2.75, 3.05) is 13.6 Å². The standard InChI is InChI=1S/C12H17N3OS/c1-7(5-13-4)16-11-10-8(2)9(3)17-12(10)15-6-14-11/h6-7,13H,5H2,1-4H3. The van der Waals surface area contributed by atoms with Crippen molar-refractivity contribution in [3.63, 3.8) is 0 Å². The summed E-state index contributed by atoms with van der Waals surface area (Å²) in [5, 5.41) is 4.14. The van der Waals surface area contributed by atoms with Gasteiger partial charge in [0, 0.05) is 11.4 Å². The van der Waals surface area contributed by atoms with E-state index >= 15 is 0 Å². The molecule has 0 bridgehead atoms. The van der Waals surface area contributed by atoms with E-state index in [2.05, 4.69) is 29.1 Å². The Bertz CT molecular complexity index is 524. The Morgan fingerprint density at radius 1 is 1.41 bits per heavy atom. The largest absolute Gasteiger partial charge is 0.473 e. The van der Waals surface area contributed by atoms with Crippen molar-refractivity contribution >= 4 is 21.6 Å². The van der Waals surface area contributed by atoms with Crippen LogP contribution < -0.4 is 10.1 Å². The van der Waals surface area contributed by atoms with Crippen molar-refractivity contribution in [1.82, 2.24) is 15.3 Å². The maximum atomic E-state index is 5.86. The van der Waals surface area contributed by atoms with E-state index < -0.39 is 0 Å². The van der Waals surface area contributed by atoms with Gasteiger partial charge in [0.25, 0.3) is 0 Å². The van der Waals surface area contributed by atoms with Crippen LogP contribution in [-0.2, 0) is 0 Å². The highest BCUT2D eigenvalue weighted by Crippen LogP contribution is 2.33. The van der Waals surface area contributed by atoms with Gasteiger partial charge in [0.2, 0.25) is 5.88 Å². The molecule has 1 atom stereocenters. The molecule has 0 aliphatic heterocycles. The maximum absolute atomic E-state index is 5.86. The van der Waals surface area contributed by atoms with Gasteiger partial charge in [0.1, 0.15) is 17.3 Å². The topological polar surface area (TPSA) is 47.0 Å². The molecule has 0 aromatic carbocycles. The molecule has 0 radical (unpaired) electrons. The van der Waals surface area contributed by atoms with Gasteiger partial charge < -0.3 is 10.1 Å². The van der Waals surface area contributed by atoms with Gasteiger partial charge in [-0.15, -0.1) is 11.3 Å². The maximum Gasteiger partial charge on any atom is 0.225 e. The highest BCUT2D eigenvalue weighted by Gasteiger charge is 2.14. The lowest BCUT2D eigenvalue weighted by Crippen LogP contribution is -2.26. The quantitative estimate of drug-likeness (QED) is 0.905. The average Bonchev–Trinajstić information content (AvgIpc) is 2.56. The molecule has 2 aromatic heterocycles. The molecule has 17 heavy (non-hydrogen) atoms. The van der Waals surface area contributed by atoms with Gasteiger partial charge in [-0.1, -0.05) is 0 Å². The fraction of sp³-hybridized carbons (Fsp3) is 0.500. The number of fused-ring (bicyclic) bond motifs is 1. The van der Waals surface area contributed by atoms with Gasteiger partial charge in [-0.25, -0.2) is 9.97 Å². The Balaban J connectivity index is 2.40. The van der Waals surface area contributed by atoms with Crippen LogP contribution in [0.25, 0.3) is 10.2 Å². The average molecular weight is 251 g/mol. The van der Waals surface area contributed by atoms with Crippen LogP contribution in [0, 0.1) is 13.8 Å². The smallest absolute Gasteiger partial charge is 0.225 e. The molecule has 0 aliphatic rings. The first-order valence-electron chi connectivity index (χ1n) is 5.65. The summed E-state index contributed by atoms with van der Waals surface area (Å²) in [6, 6.07) is 0. The number of thiophene rings is 1. The van der Waals surface area contributed by atoms with Crippen molar-refractivity contribution < 1.29 is 4.74 Å². The van der Waals surface area contributed by atoms with Crippen LogP contribution in [0.4, 0.5) is 0 Å². The van der Waals surface area contributed by atoms with Crippen molar-refractivity contribution in [1.29, 1.82) is 0 Å². The fourth-order valence-corrected chi connectivity index (χ4v) is 2.75. The van der Waals surface area contributed by atoms with Gasteiger partial charge in [-0.2, -0.15) is 0 Å². The lowest BCUT2D eigenvalue weighted by Gasteiger charge is -2.13. The number of nitrogens with one attached hydrogen (secondary N) is 1. The SMILES string of the molecule is CNCC(C)Oc1ncnc2sc(C)c(C)c12. The van der Waals surface area contributed by atoms with E-state index in [9.17, 15) is 0 Å². The molecule has 0 aliphatic carbocycles. The molecule has 0 saturated carbocycles. The van der Waals surface area contributed by atoms with Crippen LogP contribution in [0.15, 0.2) is 6.33 Å². The van der Waals surface area contributed by atoms with Crippen molar-refractivity contribution in [2.24, 2.45) is 0 Å². The molecule has 2 rings (SSSR count). The summed E-state index contributed by atoms with van der Waals surface area (Å²) in [7, 11) is 1.91. The zero-order chi connectivity index (χ0) is 12.4. The molecule has 0 amide bonds. The third-order valence-electron chi connectivity index (χ3n) is 2.73. The second-order valence-electron chi connectivity index (χ2n) is 4.13. The summed E-state index contributed by atoms with van der Waals surface area (Å²) in [5.41, 5.74) is 1.22. The minimum atomic E-state index is 0.0951. The molecular weight excluding hydrogens is 234 g/mol. The van der Waals surface area contributed by atoms with Crippen LogP contribution in [0.1, 0.15) is 17.4 Å². The first-order valence-corrected chi connectivity index (χ1v) is 6.47. The Morgan fingerprint density at radius 3 is 2.88 bits per heavy atom. The molecular formula is C12H17N3OS. The number of hydrogen-bond donors (Lipinski definition) is 1. The van der Waals surface area contributed by atoms with Gasteiger partial charge in [-0.05, 0) is 33.4 Å². The van der Waals surface area contributed by atoms with E-state index in [1.165, 1.54) is 10.4 Å². The number of aryl methyl sites for hydroxylation is 2. The number of hydrogen-bond acceptors (Lipinski definition) is 5. The van der Waals surface area contributed by atoms with Crippen LogP contribution in [-0.4, -0.2) is 29.7 Å². The van der Waals surface area contributed by atoms with Crippen molar-refractivity contribution in [3.8, 4) is 5.88 Å². The number of nitrogens with zero attached hydrogens (tertiary/aromatic N) is 2. The second-order valence-corrected chi connectivity index (χ2v) is 5.33. The van der Waals surface area contributed by atoms with E-state index in [-0.39, 0.29) is 6.10 Å². The molecule has 4 nitrogen and oxygen atoms in total. The van der Waals surface area contributed by atoms with Crippen LogP contribution in [0.3, 0.4) is 0 Å². The van der Waals surface area contributed by atoms with Gasteiger partial charge in [0.15, 0.2) is 0 Å². The summed E-state index contributed by atoms with van der Waals surface area (Å²) in [6.45, 7) is 7.02. The van der Waals surface area contributed by atoms with E-state index in [1.54, 1.807) is 17.7 Å². The molecule has 0 saturated heterocycles. The molecule has 1 N–H and O–H groups in total. The predicted octanol–water partition coefficient (Wildman–Crippen LogP) is 2.29. The Labute approximate surface area is 105 Å². The monoisotopic (exact) mass is 251 g/mol. The van der Waals surface area contributed by atoms with Crippen LogP contribution in [0.2, 0.25) is 0 Å².